The van der Waals surface area contributed by atoms with Crippen LogP contribution in [0.3, 0.4) is 0 Å². The van der Waals surface area contributed by atoms with Crippen molar-refractivity contribution in [3.8, 4) is 22.6 Å². The lowest BCUT2D eigenvalue weighted by molar-refractivity contribution is -0.143. The molecule has 204 valence electrons. The van der Waals surface area contributed by atoms with Crippen LogP contribution in [-0.4, -0.2) is 24.9 Å². The summed E-state index contributed by atoms with van der Waals surface area (Å²) in [6.07, 6.45) is 3.92. The van der Waals surface area contributed by atoms with Crippen LogP contribution in [0, 0.1) is 11.7 Å². The number of methoxy groups -OCH3 is 1. The van der Waals surface area contributed by atoms with E-state index in [2.05, 4.69) is 26.8 Å². The van der Waals surface area contributed by atoms with E-state index < -0.39 is 0 Å². The van der Waals surface area contributed by atoms with E-state index in [1.807, 2.05) is 36.4 Å². The first kappa shape index (κ1) is 29.6. The summed E-state index contributed by atoms with van der Waals surface area (Å²) in [6, 6.07) is 18.5. The third-order valence-electron chi connectivity index (χ3n) is 5.97. The van der Waals surface area contributed by atoms with Gasteiger partial charge in [0.15, 0.2) is 0 Å². The van der Waals surface area contributed by atoms with Gasteiger partial charge in [-0.2, -0.15) is 0 Å². The molecule has 6 heteroatoms. The van der Waals surface area contributed by atoms with Crippen LogP contribution < -0.4 is 9.47 Å². The number of rotatable bonds is 11. The van der Waals surface area contributed by atoms with Gasteiger partial charge < -0.3 is 14.2 Å². The summed E-state index contributed by atoms with van der Waals surface area (Å²) in [4.78, 5) is 12.6. The first-order chi connectivity index (χ1) is 18.3. The number of hydrogen-bond acceptors (Lipinski definition) is 5. The van der Waals surface area contributed by atoms with Gasteiger partial charge in [-0.15, -0.1) is 11.8 Å². The molecule has 1 saturated carbocycles. The minimum Gasteiger partial charge on any atom is -0.497 e. The van der Waals surface area contributed by atoms with Crippen molar-refractivity contribution in [1.29, 1.82) is 0 Å². The molecule has 3 aromatic carbocycles. The highest BCUT2D eigenvalue weighted by Crippen LogP contribution is 2.37. The number of thioether (sulfide) groups is 1. The zero-order valence-electron chi connectivity index (χ0n) is 23.1. The van der Waals surface area contributed by atoms with E-state index in [1.165, 1.54) is 18.9 Å². The van der Waals surface area contributed by atoms with Gasteiger partial charge in [-0.3, -0.25) is 4.79 Å². The molecule has 1 aliphatic rings. The number of hydrogen-bond donors (Lipinski definition) is 0. The fourth-order valence-electron chi connectivity index (χ4n) is 3.67. The summed E-state index contributed by atoms with van der Waals surface area (Å²) in [5, 5.41) is 0.333. The molecule has 0 heterocycles. The average Bonchev–Trinajstić information content (AvgIpc) is 3.69. The molecule has 0 saturated heterocycles. The van der Waals surface area contributed by atoms with E-state index in [9.17, 15) is 9.18 Å². The second-order valence-electron chi connectivity index (χ2n) is 9.77. The van der Waals surface area contributed by atoms with Crippen LogP contribution in [0.1, 0.15) is 58.1 Å². The second-order valence-corrected chi connectivity index (χ2v) is 11.4. The summed E-state index contributed by atoms with van der Waals surface area (Å²) in [5.74, 6) is 1.96. The van der Waals surface area contributed by atoms with Crippen molar-refractivity contribution in [1.82, 2.24) is 0 Å². The predicted molar refractivity (Wildman–Crippen MR) is 154 cm³/mol. The first-order valence-corrected chi connectivity index (χ1v) is 14.2. The molecule has 0 aliphatic heterocycles. The molecule has 0 N–H and O–H groups in total. The largest absolute Gasteiger partial charge is 0.497 e. The molecule has 0 bridgehead atoms. The Labute approximate surface area is 230 Å². The molecule has 0 aromatic heterocycles. The van der Waals surface area contributed by atoms with Crippen molar-refractivity contribution < 1.29 is 23.4 Å². The fourth-order valence-corrected chi connectivity index (χ4v) is 4.70. The van der Waals surface area contributed by atoms with Crippen molar-refractivity contribution in [2.24, 2.45) is 5.92 Å². The van der Waals surface area contributed by atoms with Crippen LogP contribution >= 0.6 is 11.8 Å². The first-order valence-electron chi connectivity index (χ1n) is 13.3. The van der Waals surface area contributed by atoms with E-state index in [-0.39, 0.29) is 11.8 Å². The van der Waals surface area contributed by atoms with E-state index in [0.717, 1.165) is 33.3 Å². The maximum atomic E-state index is 14.7. The highest BCUT2D eigenvalue weighted by molar-refractivity contribution is 8.00. The molecule has 4 rings (SSSR count). The SMILES string of the molecule is CC1CC1.CCOC(=O)CCc1cccc(OCc2ccc(-c3cc(OC)ccc3F)c(SC(C)C)c2)c1. The molecule has 0 spiro atoms. The molecule has 1 fully saturated rings. The van der Waals surface area contributed by atoms with Crippen LogP contribution in [0.15, 0.2) is 65.6 Å². The van der Waals surface area contributed by atoms with E-state index in [4.69, 9.17) is 14.2 Å². The van der Waals surface area contributed by atoms with Crippen molar-refractivity contribution in [3.63, 3.8) is 0 Å². The number of esters is 1. The summed E-state index contributed by atoms with van der Waals surface area (Å²) >= 11 is 1.69. The van der Waals surface area contributed by atoms with Gasteiger partial charge in [0.25, 0.3) is 0 Å². The lowest BCUT2D eigenvalue weighted by Crippen LogP contribution is -2.05. The molecule has 0 unspecified atom stereocenters. The molecule has 3 aromatic rings. The third-order valence-corrected chi connectivity index (χ3v) is 7.03. The number of halogens is 1. The lowest BCUT2D eigenvalue weighted by atomic mass is 10.0. The minimum atomic E-state index is -0.282. The van der Waals surface area contributed by atoms with Gasteiger partial charge in [-0.05, 0) is 72.4 Å². The Kier molecular flexibility index (Phi) is 11.5. The molecule has 38 heavy (non-hydrogen) atoms. The van der Waals surface area contributed by atoms with Crippen LogP contribution in [0.25, 0.3) is 11.1 Å². The fraction of sp³-hybridized carbons (Fsp3) is 0.406. The molecule has 4 nitrogen and oxygen atoms in total. The Bertz CT molecular complexity index is 1190. The molecule has 0 radical (unpaired) electrons. The van der Waals surface area contributed by atoms with Crippen LogP contribution in [-0.2, 0) is 22.6 Å². The lowest BCUT2D eigenvalue weighted by Gasteiger charge is -2.15. The number of carbonyl (C=O) groups is 1. The maximum absolute atomic E-state index is 14.7. The maximum Gasteiger partial charge on any atom is 0.306 e. The minimum absolute atomic E-state index is 0.198. The molecular weight excluding hydrogens is 499 g/mol. The highest BCUT2D eigenvalue weighted by atomic mass is 32.2. The van der Waals surface area contributed by atoms with Gasteiger partial charge in [-0.1, -0.05) is 57.9 Å². The van der Waals surface area contributed by atoms with Gasteiger partial charge >= 0.3 is 5.97 Å². The van der Waals surface area contributed by atoms with Gasteiger partial charge in [0.05, 0.1) is 13.7 Å². The quantitative estimate of drug-likeness (QED) is 0.181. The molecule has 1 aliphatic carbocycles. The summed E-state index contributed by atoms with van der Waals surface area (Å²) in [6.45, 7) is 9.08. The average molecular weight is 539 g/mol. The van der Waals surface area contributed by atoms with E-state index in [1.54, 1.807) is 37.9 Å². The zero-order chi connectivity index (χ0) is 27.5. The van der Waals surface area contributed by atoms with Crippen molar-refractivity contribution in [2.75, 3.05) is 13.7 Å². The van der Waals surface area contributed by atoms with Crippen LogP contribution in [0.5, 0.6) is 11.5 Å². The Hall–Kier alpha value is -2.99. The highest BCUT2D eigenvalue weighted by Gasteiger charge is 2.15. The van der Waals surface area contributed by atoms with Gasteiger partial charge in [0.2, 0.25) is 0 Å². The molecule has 0 amide bonds. The predicted octanol–water partition coefficient (Wildman–Crippen LogP) is 8.49. The number of ether oxygens (including phenoxy) is 3. The normalized spacial score (nSPS) is 12.5. The Morgan fingerprint density at radius 1 is 1.00 bits per heavy atom. The molecule has 0 atom stereocenters. The van der Waals surface area contributed by atoms with E-state index >= 15 is 0 Å². The van der Waals surface area contributed by atoms with Gasteiger partial charge in [-0.25, -0.2) is 4.39 Å². The van der Waals surface area contributed by atoms with Gasteiger partial charge in [0.1, 0.15) is 23.9 Å². The van der Waals surface area contributed by atoms with Crippen LogP contribution in [0.4, 0.5) is 4.39 Å². The van der Waals surface area contributed by atoms with Crippen LogP contribution in [0.2, 0.25) is 0 Å². The third kappa shape index (κ3) is 9.71. The summed E-state index contributed by atoms with van der Waals surface area (Å²) in [7, 11) is 1.58. The van der Waals surface area contributed by atoms with Crippen molar-refractivity contribution >= 4 is 17.7 Å². The number of benzene rings is 3. The number of aryl methyl sites for hydroxylation is 1. The van der Waals surface area contributed by atoms with E-state index in [0.29, 0.717) is 42.6 Å². The zero-order valence-corrected chi connectivity index (χ0v) is 23.9. The topological polar surface area (TPSA) is 44.8 Å². The number of carbonyl (C=O) groups excluding carboxylic acids is 1. The second kappa shape index (κ2) is 14.8. The Balaban J connectivity index is 0.000000912. The van der Waals surface area contributed by atoms with Crippen molar-refractivity contribution in [2.45, 2.75) is 70.1 Å². The standard InChI is InChI=1S/C28H31FO4S.C4H8/c1-5-32-28(30)14-10-20-7-6-8-23(15-20)33-18-21-9-12-24(27(16-21)34-19(2)3)25-17-22(31-4)11-13-26(25)29;1-4-2-3-4/h6-9,11-13,15-17,19H,5,10,14,18H2,1-4H3;4H,2-3H2,1H3. The van der Waals surface area contributed by atoms with Gasteiger partial charge in [0, 0.05) is 22.1 Å². The van der Waals surface area contributed by atoms with Crippen molar-refractivity contribution in [3.05, 3.63) is 77.6 Å². The Morgan fingerprint density at radius 3 is 2.42 bits per heavy atom. The monoisotopic (exact) mass is 538 g/mol. The molecular formula is C32H39FO4S. The summed E-state index contributed by atoms with van der Waals surface area (Å²) in [5.41, 5.74) is 3.36. The summed E-state index contributed by atoms with van der Waals surface area (Å²) < 4.78 is 31.0. The smallest absolute Gasteiger partial charge is 0.306 e. The Morgan fingerprint density at radius 2 is 1.76 bits per heavy atom.